The molecule has 0 saturated carbocycles. The summed E-state index contributed by atoms with van der Waals surface area (Å²) in [5, 5.41) is 15.0. The molecular weight excluding hydrogens is 312 g/mol. The van der Waals surface area contributed by atoms with Crippen LogP contribution in [0.4, 0.5) is 0 Å². The molecule has 0 radical (unpaired) electrons. The van der Waals surface area contributed by atoms with Gasteiger partial charge < -0.3 is 10.4 Å². The molecule has 0 bridgehead atoms. The number of aliphatic carboxylic acids is 1. The van der Waals surface area contributed by atoms with Crippen molar-refractivity contribution in [2.75, 3.05) is 26.4 Å². The number of rotatable bonds is 8. The van der Waals surface area contributed by atoms with E-state index in [1.807, 2.05) is 0 Å². The Labute approximate surface area is 128 Å². The number of hydrogen-bond donors (Lipinski definition) is 2. The summed E-state index contributed by atoms with van der Waals surface area (Å²) in [5.74, 6) is -1.56. The van der Waals surface area contributed by atoms with Gasteiger partial charge in [-0.25, -0.2) is 12.7 Å². The maximum atomic E-state index is 11.8. The van der Waals surface area contributed by atoms with Crippen LogP contribution in [0.2, 0.25) is 0 Å². The third-order valence-electron chi connectivity index (χ3n) is 2.79. The van der Waals surface area contributed by atoms with Gasteiger partial charge in [-0.15, -0.1) is 0 Å². The molecule has 0 unspecified atom stereocenters. The van der Waals surface area contributed by atoms with Gasteiger partial charge in [0, 0.05) is 26.7 Å². The second-order valence-electron chi connectivity index (χ2n) is 4.68. The summed E-state index contributed by atoms with van der Waals surface area (Å²) in [4.78, 5) is 22.3. The molecule has 9 nitrogen and oxygen atoms in total. The van der Waals surface area contributed by atoms with Crippen LogP contribution in [0.3, 0.4) is 0 Å². The van der Waals surface area contributed by atoms with E-state index in [0.29, 0.717) is 0 Å². The van der Waals surface area contributed by atoms with Gasteiger partial charge in [-0.1, -0.05) is 4.68 Å². The van der Waals surface area contributed by atoms with E-state index in [4.69, 9.17) is 5.11 Å². The van der Waals surface area contributed by atoms with Crippen molar-refractivity contribution in [3.63, 3.8) is 0 Å². The molecule has 2 N–H and O–H groups in total. The number of sulfonamides is 1. The average Bonchev–Trinajstić information content (AvgIpc) is 2.45. The highest BCUT2D eigenvalue weighted by atomic mass is 32.2. The minimum atomic E-state index is -3.36. The summed E-state index contributed by atoms with van der Waals surface area (Å²) in [7, 11) is -0.506. The van der Waals surface area contributed by atoms with Crippen LogP contribution in [0.5, 0.6) is 0 Å². The Morgan fingerprint density at radius 3 is 2.59 bits per heavy atom. The number of nitrogens with one attached hydrogen (secondary N) is 1. The van der Waals surface area contributed by atoms with Crippen molar-refractivity contribution in [3.8, 4) is 0 Å². The Kier molecular flexibility index (Phi) is 6.38. The first-order valence-corrected chi connectivity index (χ1v) is 8.09. The van der Waals surface area contributed by atoms with E-state index < -0.39 is 21.9 Å². The van der Waals surface area contributed by atoms with Crippen molar-refractivity contribution in [1.82, 2.24) is 14.7 Å². The van der Waals surface area contributed by atoms with Gasteiger partial charge in [0.25, 0.3) is 5.91 Å². The molecule has 1 heterocycles. The van der Waals surface area contributed by atoms with E-state index in [1.54, 1.807) is 0 Å². The highest BCUT2D eigenvalue weighted by Crippen LogP contribution is 1.95. The molecular formula is C12H19N4O5S+. The van der Waals surface area contributed by atoms with Crippen LogP contribution in [0, 0.1) is 0 Å². The Bertz CT molecular complexity index is 627. The van der Waals surface area contributed by atoms with Crippen molar-refractivity contribution in [1.29, 1.82) is 0 Å². The molecule has 1 rings (SSSR count). The van der Waals surface area contributed by atoms with Crippen molar-refractivity contribution >= 4 is 21.9 Å². The first kappa shape index (κ1) is 18.0. The SMILES string of the molecule is CN(C)S(=O)(=O)CCNC(=O)c1cc[n+](CCC(=O)O)nc1. The Hall–Kier alpha value is -2.07. The predicted molar refractivity (Wildman–Crippen MR) is 76.5 cm³/mol. The first-order valence-electron chi connectivity index (χ1n) is 6.48. The van der Waals surface area contributed by atoms with E-state index in [2.05, 4.69) is 10.4 Å². The number of carboxylic acids is 1. The van der Waals surface area contributed by atoms with Gasteiger partial charge in [0.1, 0.15) is 12.6 Å². The van der Waals surface area contributed by atoms with E-state index in [-0.39, 0.29) is 30.8 Å². The van der Waals surface area contributed by atoms with Crippen LogP contribution in [0.1, 0.15) is 16.8 Å². The van der Waals surface area contributed by atoms with Crippen LogP contribution < -0.4 is 10.00 Å². The number of carbonyl (C=O) groups is 2. The molecule has 122 valence electrons. The van der Waals surface area contributed by atoms with Gasteiger partial charge in [-0.3, -0.25) is 9.59 Å². The van der Waals surface area contributed by atoms with Gasteiger partial charge in [-0.05, 0) is 5.10 Å². The highest BCUT2D eigenvalue weighted by molar-refractivity contribution is 7.89. The highest BCUT2D eigenvalue weighted by Gasteiger charge is 2.15. The number of aromatic nitrogens is 2. The normalized spacial score (nSPS) is 11.4. The molecule has 0 aliphatic carbocycles. The lowest BCUT2D eigenvalue weighted by atomic mass is 10.3. The lowest BCUT2D eigenvalue weighted by Gasteiger charge is -2.11. The van der Waals surface area contributed by atoms with Crippen LogP contribution in [-0.4, -0.2) is 61.2 Å². The van der Waals surface area contributed by atoms with Gasteiger partial charge in [-0.2, -0.15) is 0 Å². The van der Waals surface area contributed by atoms with Crippen LogP contribution in [0.25, 0.3) is 0 Å². The summed E-state index contributed by atoms with van der Waals surface area (Å²) in [5.41, 5.74) is 0.272. The van der Waals surface area contributed by atoms with Crippen molar-refractivity contribution in [2.24, 2.45) is 0 Å². The van der Waals surface area contributed by atoms with Gasteiger partial charge >= 0.3 is 5.97 Å². The molecule has 0 aromatic carbocycles. The third-order valence-corrected chi connectivity index (χ3v) is 4.62. The first-order chi connectivity index (χ1) is 10.2. The summed E-state index contributed by atoms with van der Waals surface area (Å²) in [6.45, 7) is 0.200. The van der Waals surface area contributed by atoms with Crippen LogP contribution in [-0.2, 0) is 21.4 Å². The van der Waals surface area contributed by atoms with Crippen molar-refractivity contribution in [3.05, 3.63) is 24.0 Å². The Balaban J connectivity index is 2.51. The number of carboxylic acid groups (broad SMARTS) is 1. The zero-order chi connectivity index (χ0) is 16.8. The van der Waals surface area contributed by atoms with Gasteiger partial charge in [0.15, 0.2) is 12.7 Å². The summed E-state index contributed by atoms with van der Waals surface area (Å²) in [6, 6.07) is 1.49. The topological polar surface area (TPSA) is 121 Å². The van der Waals surface area contributed by atoms with Gasteiger partial charge in [0.2, 0.25) is 10.0 Å². The molecule has 0 fully saturated rings. The summed E-state index contributed by atoms with van der Waals surface area (Å²) >= 11 is 0. The van der Waals surface area contributed by atoms with Gasteiger partial charge in [0.05, 0.1) is 11.3 Å². The van der Waals surface area contributed by atoms with Crippen LogP contribution >= 0.6 is 0 Å². The molecule has 1 aromatic rings. The lowest BCUT2D eigenvalue weighted by molar-refractivity contribution is -0.753. The second-order valence-corrected chi connectivity index (χ2v) is 6.98. The average molecular weight is 331 g/mol. The maximum absolute atomic E-state index is 11.8. The smallest absolute Gasteiger partial charge is 0.309 e. The Morgan fingerprint density at radius 1 is 1.41 bits per heavy atom. The molecule has 1 aromatic heterocycles. The molecule has 0 spiro atoms. The number of amides is 1. The van der Waals surface area contributed by atoms with E-state index in [9.17, 15) is 18.0 Å². The fourth-order valence-corrected chi connectivity index (χ4v) is 2.16. The monoisotopic (exact) mass is 331 g/mol. The fourth-order valence-electron chi connectivity index (χ4n) is 1.44. The molecule has 22 heavy (non-hydrogen) atoms. The molecule has 0 saturated heterocycles. The summed E-state index contributed by atoms with van der Waals surface area (Å²) in [6.07, 6.45) is 2.73. The third kappa shape index (κ3) is 5.74. The maximum Gasteiger partial charge on any atom is 0.309 e. The largest absolute Gasteiger partial charge is 0.481 e. The van der Waals surface area contributed by atoms with Crippen molar-refractivity contribution < 1.29 is 27.8 Å². The number of hydrogen-bond acceptors (Lipinski definition) is 5. The Morgan fingerprint density at radius 2 is 2.09 bits per heavy atom. The molecule has 0 atom stereocenters. The number of aryl methyl sites for hydroxylation is 1. The van der Waals surface area contributed by atoms with Crippen LogP contribution in [0.15, 0.2) is 18.5 Å². The number of nitrogens with zero attached hydrogens (tertiary/aromatic N) is 3. The quantitative estimate of drug-likeness (QED) is 0.557. The lowest BCUT2D eigenvalue weighted by Crippen LogP contribution is -2.39. The molecule has 0 aliphatic rings. The summed E-state index contributed by atoms with van der Waals surface area (Å²) < 4.78 is 25.6. The van der Waals surface area contributed by atoms with E-state index in [1.165, 1.54) is 37.2 Å². The zero-order valence-electron chi connectivity index (χ0n) is 12.4. The molecule has 0 aliphatic heterocycles. The minimum Gasteiger partial charge on any atom is -0.481 e. The standard InChI is InChI=1S/C12H18N4O5S/c1-15(2)22(20,21)8-5-13-12(19)10-3-6-16(14-9-10)7-4-11(17)18/h3,6,9H,4-5,7-8H2,1-2H3,(H-,13,17,18,19)/p+1. The minimum absolute atomic E-state index is 0.00669. The predicted octanol–water partition coefficient (Wildman–Crippen LogP) is -1.53. The number of carbonyl (C=O) groups excluding carboxylic acids is 1. The van der Waals surface area contributed by atoms with E-state index >= 15 is 0 Å². The zero-order valence-corrected chi connectivity index (χ0v) is 13.2. The second kappa shape index (κ2) is 7.80. The molecule has 10 heteroatoms. The fraction of sp³-hybridized carbons (Fsp3) is 0.500. The van der Waals surface area contributed by atoms with Crippen molar-refractivity contribution in [2.45, 2.75) is 13.0 Å². The van der Waals surface area contributed by atoms with E-state index in [0.717, 1.165) is 4.31 Å². The molecule has 1 amide bonds.